The molecule has 4 aromatic carbocycles. The molecule has 4 rings (SSSR count). The van der Waals surface area contributed by atoms with E-state index in [1.165, 1.54) is 18.2 Å². The summed E-state index contributed by atoms with van der Waals surface area (Å²) >= 11 is 0. The van der Waals surface area contributed by atoms with E-state index in [0.29, 0.717) is 12.2 Å². The van der Waals surface area contributed by atoms with Crippen LogP contribution in [-0.4, -0.2) is 6.61 Å². The third-order valence-electron chi connectivity index (χ3n) is 5.13. The number of unbranched alkanes of at least 4 members (excludes halogenated alkanes) is 1. The van der Waals surface area contributed by atoms with E-state index in [1.807, 2.05) is 37.3 Å². The summed E-state index contributed by atoms with van der Waals surface area (Å²) in [5.74, 6) is -2.21. The van der Waals surface area contributed by atoms with Gasteiger partial charge in [-0.25, -0.2) is 8.78 Å². The van der Waals surface area contributed by atoms with Gasteiger partial charge in [-0.1, -0.05) is 49.7 Å². The van der Waals surface area contributed by atoms with Crippen LogP contribution < -0.4 is 4.74 Å². The van der Waals surface area contributed by atoms with Crippen LogP contribution in [0.15, 0.2) is 72.8 Å². The molecule has 0 atom stereocenters. The standard InChI is InChI=1S/C26H21F3O/c1-2-3-14-30-24-13-12-23(25(28)26(24)29)21-7-6-19-15-18(4-5-20(19)16-21)17-8-10-22(27)11-9-17/h4-13,15-16H,2-3,14H2,1H3. The Morgan fingerprint density at radius 3 is 2.00 bits per heavy atom. The van der Waals surface area contributed by atoms with Gasteiger partial charge in [0.15, 0.2) is 11.6 Å². The first-order valence-corrected chi connectivity index (χ1v) is 9.97. The zero-order valence-corrected chi connectivity index (χ0v) is 16.6. The second-order valence-corrected chi connectivity index (χ2v) is 7.22. The molecule has 4 heteroatoms. The van der Waals surface area contributed by atoms with Gasteiger partial charge in [0.25, 0.3) is 0 Å². The first kappa shape index (κ1) is 20.0. The van der Waals surface area contributed by atoms with Crippen LogP contribution in [0.5, 0.6) is 5.75 Å². The zero-order valence-electron chi connectivity index (χ0n) is 16.6. The molecule has 0 heterocycles. The summed E-state index contributed by atoms with van der Waals surface area (Å²) in [7, 11) is 0. The Balaban J connectivity index is 1.66. The van der Waals surface area contributed by atoms with Gasteiger partial charge in [0.1, 0.15) is 5.82 Å². The Kier molecular flexibility index (Phi) is 5.75. The summed E-state index contributed by atoms with van der Waals surface area (Å²) in [4.78, 5) is 0. The van der Waals surface area contributed by atoms with Crippen molar-refractivity contribution < 1.29 is 17.9 Å². The van der Waals surface area contributed by atoms with Crippen molar-refractivity contribution in [3.05, 3.63) is 90.2 Å². The molecule has 0 spiro atoms. The fourth-order valence-electron chi connectivity index (χ4n) is 3.43. The van der Waals surface area contributed by atoms with Crippen molar-refractivity contribution in [1.29, 1.82) is 0 Å². The molecular formula is C26H21F3O. The number of hydrogen-bond acceptors (Lipinski definition) is 1. The van der Waals surface area contributed by atoms with Crippen LogP contribution in [0.2, 0.25) is 0 Å². The average Bonchev–Trinajstić information content (AvgIpc) is 2.77. The van der Waals surface area contributed by atoms with E-state index in [1.54, 1.807) is 24.3 Å². The van der Waals surface area contributed by atoms with E-state index in [4.69, 9.17) is 4.74 Å². The van der Waals surface area contributed by atoms with Gasteiger partial charge in [-0.3, -0.25) is 0 Å². The average molecular weight is 406 g/mol. The van der Waals surface area contributed by atoms with Gasteiger partial charge in [-0.2, -0.15) is 4.39 Å². The summed E-state index contributed by atoms with van der Waals surface area (Å²) in [6.45, 7) is 2.37. The van der Waals surface area contributed by atoms with E-state index in [9.17, 15) is 13.2 Å². The van der Waals surface area contributed by atoms with Gasteiger partial charge in [-0.15, -0.1) is 0 Å². The predicted molar refractivity (Wildman–Crippen MR) is 115 cm³/mol. The lowest BCUT2D eigenvalue weighted by atomic mass is 9.97. The zero-order chi connectivity index (χ0) is 21.1. The number of hydrogen-bond donors (Lipinski definition) is 0. The largest absolute Gasteiger partial charge is 0.490 e. The van der Waals surface area contributed by atoms with Gasteiger partial charge in [-0.05, 0) is 70.3 Å². The van der Waals surface area contributed by atoms with E-state index < -0.39 is 11.6 Å². The molecule has 0 aliphatic heterocycles. The SMILES string of the molecule is CCCCOc1ccc(-c2ccc3cc(-c4ccc(F)cc4)ccc3c2)c(F)c1F. The lowest BCUT2D eigenvalue weighted by molar-refractivity contribution is 0.289. The highest BCUT2D eigenvalue weighted by Crippen LogP contribution is 2.33. The Hall–Kier alpha value is -3.27. The minimum absolute atomic E-state index is 0.0607. The van der Waals surface area contributed by atoms with Gasteiger partial charge in [0.2, 0.25) is 5.82 Å². The van der Waals surface area contributed by atoms with Crippen LogP contribution in [0.1, 0.15) is 19.8 Å². The lowest BCUT2D eigenvalue weighted by Gasteiger charge is -2.11. The van der Waals surface area contributed by atoms with E-state index in [-0.39, 0.29) is 17.1 Å². The quantitative estimate of drug-likeness (QED) is 0.297. The molecule has 0 saturated carbocycles. The third kappa shape index (κ3) is 4.04. The van der Waals surface area contributed by atoms with E-state index >= 15 is 0 Å². The number of rotatable bonds is 6. The maximum absolute atomic E-state index is 14.7. The van der Waals surface area contributed by atoms with E-state index in [2.05, 4.69) is 0 Å². The first-order chi connectivity index (χ1) is 14.6. The summed E-state index contributed by atoms with van der Waals surface area (Å²) in [5.41, 5.74) is 2.66. The Labute approximate surface area is 173 Å². The second-order valence-electron chi connectivity index (χ2n) is 7.22. The smallest absolute Gasteiger partial charge is 0.201 e. The van der Waals surface area contributed by atoms with Crippen molar-refractivity contribution in [3.63, 3.8) is 0 Å². The predicted octanol–water partition coefficient (Wildman–Crippen LogP) is 7.77. The molecule has 0 unspecified atom stereocenters. The van der Waals surface area contributed by atoms with Gasteiger partial charge in [0, 0.05) is 5.56 Å². The van der Waals surface area contributed by atoms with Crippen LogP contribution in [0.3, 0.4) is 0 Å². The summed E-state index contributed by atoms with van der Waals surface area (Å²) in [5, 5.41) is 1.86. The van der Waals surface area contributed by atoms with Crippen molar-refractivity contribution in [2.45, 2.75) is 19.8 Å². The minimum Gasteiger partial charge on any atom is -0.490 e. The topological polar surface area (TPSA) is 9.23 Å². The highest BCUT2D eigenvalue weighted by Gasteiger charge is 2.16. The summed E-state index contributed by atoms with van der Waals surface area (Å²) < 4.78 is 47.6. The third-order valence-corrected chi connectivity index (χ3v) is 5.13. The van der Waals surface area contributed by atoms with Crippen molar-refractivity contribution in [1.82, 2.24) is 0 Å². The van der Waals surface area contributed by atoms with Crippen LogP contribution in [0.25, 0.3) is 33.0 Å². The molecule has 0 N–H and O–H groups in total. The van der Waals surface area contributed by atoms with Crippen molar-refractivity contribution >= 4 is 10.8 Å². The molecule has 4 aromatic rings. The second kappa shape index (κ2) is 8.62. The Morgan fingerprint density at radius 2 is 1.30 bits per heavy atom. The fourth-order valence-corrected chi connectivity index (χ4v) is 3.43. The van der Waals surface area contributed by atoms with Crippen LogP contribution in [0, 0.1) is 17.5 Å². The van der Waals surface area contributed by atoms with Crippen LogP contribution >= 0.6 is 0 Å². The molecule has 0 aliphatic rings. The molecule has 0 aliphatic carbocycles. The number of ether oxygens (including phenoxy) is 1. The first-order valence-electron chi connectivity index (χ1n) is 9.97. The maximum Gasteiger partial charge on any atom is 0.201 e. The Bertz CT molecular complexity index is 1180. The molecule has 0 aromatic heterocycles. The molecule has 152 valence electrons. The molecule has 0 bridgehead atoms. The van der Waals surface area contributed by atoms with Crippen LogP contribution in [-0.2, 0) is 0 Å². The molecule has 1 nitrogen and oxygen atoms in total. The molecular weight excluding hydrogens is 385 g/mol. The molecule has 0 amide bonds. The van der Waals surface area contributed by atoms with Gasteiger partial charge < -0.3 is 4.74 Å². The number of benzene rings is 4. The molecule has 30 heavy (non-hydrogen) atoms. The number of fused-ring (bicyclic) bond motifs is 1. The maximum atomic E-state index is 14.7. The van der Waals surface area contributed by atoms with Crippen molar-refractivity contribution in [3.8, 4) is 28.0 Å². The fraction of sp³-hybridized carbons (Fsp3) is 0.154. The van der Waals surface area contributed by atoms with Gasteiger partial charge in [0.05, 0.1) is 6.61 Å². The summed E-state index contributed by atoms with van der Waals surface area (Å²) in [6.07, 6.45) is 1.70. The molecule has 0 radical (unpaired) electrons. The number of halogens is 3. The van der Waals surface area contributed by atoms with Crippen molar-refractivity contribution in [2.75, 3.05) is 6.61 Å². The van der Waals surface area contributed by atoms with Gasteiger partial charge >= 0.3 is 0 Å². The van der Waals surface area contributed by atoms with Crippen molar-refractivity contribution in [2.24, 2.45) is 0 Å². The summed E-state index contributed by atoms with van der Waals surface area (Å²) in [6, 6.07) is 20.7. The highest BCUT2D eigenvalue weighted by molar-refractivity contribution is 5.91. The minimum atomic E-state index is -0.963. The monoisotopic (exact) mass is 406 g/mol. The lowest BCUT2D eigenvalue weighted by Crippen LogP contribution is -2.01. The van der Waals surface area contributed by atoms with E-state index in [0.717, 1.165) is 34.7 Å². The Morgan fingerprint density at radius 1 is 0.667 bits per heavy atom. The normalized spacial score (nSPS) is 11.1. The van der Waals surface area contributed by atoms with Crippen LogP contribution in [0.4, 0.5) is 13.2 Å². The molecule has 0 fully saturated rings. The highest BCUT2D eigenvalue weighted by atomic mass is 19.2. The molecule has 0 saturated heterocycles.